The first-order valence-corrected chi connectivity index (χ1v) is 6.31. The van der Waals surface area contributed by atoms with Crippen LogP contribution in [0.4, 0.5) is 18.9 Å². The molecule has 0 aliphatic heterocycles. The summed E-state index contributed by atoms with van der Waals surface area (Å²) in [6.45, 7) is 4.73. The van der Waals surface area contributed by atoms with Gasteiger partial charge in [-0.1, -0.05) is 13.8 Å². The van der Waals surface area contributed by atoms with Crippen LogP contribution in [0.3, 0.4) is 0 Å². The van der Waals surface area contributed by atoms with E-state index in [1.807, 2.05) is 6.07 Å². The number of hydrogen-bond acceptors (Lipinski definition) is 3. The Hall–Kier alpha value is -2.23. The van der Waals surface area contributed by atoms with Crippen LogP contribution in [0.1, 0.15) is 20.8 Å². The Labute approximate surface area is 121 Å². The second-order valence-electron chi connectivity index (χ2n) is 5.09. The van der Waals surface area contributed by atoms with E-state index in [-0.39, 0.29) is 18.2 Å². The first-order valence-electron chi connectivity index (χ1n) is 6.31. The van der Waals surface area contributed by atoms with Gasteiger partial charge in [-0.05, 0) is 25.0 Å². The standard InChI is InChI=1S/C14H16F3N3O/c1-8(2)14(3,7-18)20-11(21)6-19-10-5-4-9(15)12(16)13(10)17/h4-5,8,19H,6H2,1-3H3,(H,20,21)/t14-/m1/s1. The van der Waals surface area contributed by atoms with E-state index in [4.69, 9.17) is 5.26 Å². The van der Waals surface area contributed by atoms with Crippen LogP contribution in [-0.2, 0) is 4.79 Å². The van der Waals surface area contributed by atoms with Gasteiger partial charge < -0.3 is 10.6 Å². The molecule has 1 aromatic carbocycles. The van der Waals surface area contributed by atoms with Gasteiger partial charge in [0.15, 0.2) is 17.5 Å². The summed E-state index contributed by atoms with van der Waals surface area (Å²) in [5.74, 6) is -5.00. The summed E-state index contributed by atoms with van der Waals surface area (Å²) >= 11 is 0. The fraction of sp³-hybridized carbons (Fsp3) is 0.429. The molecule has 0 unspecified atom stereocenters. The normalized spacial score (nSPS) is 13.4. The van der Waals surface area contributed by atoms with Crippen molar-refractivity contribution in [1.82, 2.24) is 5.32 Å². The lowest BCUT2D eigenvalue weighted by Crippen LogP contribution is -2.50. The summed E-state index contributed by atoms with van der Waals surface area (Å²) in [5, 5.41) is 13.9. The maximum absolute atomic E-state index is 13.4. The lowest BCUT2D eigenvalue weighted by Gasteiger charge is -2.27. The minimum Gasteiger partial charge on any atom is -0.374 e. The Morgan fingerprint density at radius 3 is 2.48 bits per heavy atom. The average Bonchev–Trinajstić information content (AvgIpc) is 2.43. The van der Waals surface area contributed by atoms with Crippen molar-refractivity contribution in [2.75, 3.05) is 11.9 Å². The smallest absolute Gasteiger partial charge is 0.240 e. The lowest BCUT2D eigenvalue weighted by atomic mass is 9.90. The molecule has 0 aromatic heterocycles. The maximum Gasteiger partial charge on any atom is 0.240 e. The maximum atomic E-state index is 13.4. The van der Waals surface area contributed by atoms with Gasteiger partial charge in [0.05, 0.1) is 18.3 Å². The molecular formula is C14H16F3N3O. The summed E-state index contributed by atoms with van der Waals surface area (Å²) < 4.78 is 39.2. The zero-order valence-electron chi connectivity index (χ0n) is 11.9. The largest absolute Gasteiger partial charge is 0.374 e. The number of amides is 1. The number of halogens is 3. The fourth-order valence-corrected chi connectivity index (χ4v) is 1.47. The van der Waals surface area contributed by atoms with Crippen molar-refractivity contribution in [2.24, 2.45) is 5.92 Å². The summed E-state index contributed by atoms with van der Waals surface area (Å²) in [5.41, 5.74) is -1.39. The molecule has 1 amide bonds. The van der Waals surface area contributed by atoms with Crippen molar-refractivity contribution < 1.29 is 18.0 Å². The highest BCUT2D eigenvalue weighted by molar-refractivity contribution is 5.81. The molecule has 4 nitrogen and oxygen atoms in total. The van der Waals surface area contributed by atoms with Gasteiger partial charge in [0.25, 0.3) is 0 Å². The molecule has 114 valence electrons. The van der Waals surface area contributed by atoms with Gasteiger partial charge in [-0.25, -0.2) is 13.2 Å². The third-order valence-electron chi connectivity index (χ3n) is 3.26. The SMILES string of the molecule is CC(C)[C@@](C)(C#N)NC(=O)CNc1ccc(F)c(F)c1F. The first-order chi connectivity index (χ1) is 9.71. The molecule has 1 rings (SSSR count). The zero-order valence-corrected chi connectivity index (χ0v) is 11.9. The third-order valence-corrected chi connectivity index (χ3v) is 3.26. The zero-order chi connectivity index (χ0) is 16.2. The number of nitrogens with zero attached hydrogens (tertiary/aromatic N) is 1. The molecule has 0 radical (unpaired) electrons. The fourth-order valence-electron chi connectivity index (χ4n) is 1.47. The number of carbonyl (C=O) groups excluding carboxylic acids is 1. The van der Waals surface area contributed by atoms with E-state index in [9.17, 15) is 18.0 Å². The summed E-state index contributed by atoms with van der Waals surface area (Å²) in [7, 11) is 0. The topological polar surface area (TPSA) is 64.9 Å². The van der Waals surface area contributed by atoms with E-state index in [0.29, 0.717) is 0 Å². The van der Waals surface area contributed by atoms with Crippen LogP contribution in [0.2, 0.25) is 0 Å². The van der Waals surface area contributed by atoms with E-state index >= 15 is 0 Å². The summed E-state index contributed by atoms with van der Waals surface area (Å²) in [6.07, 6.45) is 0. The molecule has 0 saturated heterocycles. The van der Waals surface area contributed by atoms with E-state index < -0.39 is 28.9 Å². The van der Waals surface area contributed by atoms with Gasteiger partial charge in [-0.3, -0.25) is 4.79 Å². The number of carbonyl (C=O) groups is 1. The van der Waals surface area contributed by atoms with Gasteiger partial charge in [0.1, 0.15) is 5.54 Å². The third kappa shape index (κ3) is 3.88. The van der Waals surface area contributed by atoms with Crippen LogP contribution in [0.15, 0.2) is 12.1 Å². The Kier molecular flexibility index (Phi) is 5.19. The highest BCUT2D eigenvalue weighted by Crippen LogP contribution is 2.19. The molecule has 0 bridgehead atoms. The highest BCUT2D eigenvalue weighted by atomic mass is 19.2. The quantitative estimate of drug-likeness (QED) is 0.821. The monoisotopic (exact) mass is 299 g/mol. The molecule has 0 fully saturated rings. The van der Waals surface area contributed by atoms with Gasteiger partial charge in [0, 0.05) is 0 Å². The molecule has 21 heavy (non-hydrogen) atoms. The minimum absolute atomic E-state index is 0.133. The van der Waals surface area contributed by atoms with Crippen molar-refractivity contribution in [2.45, 2.75) is 26.3 Å². The Balaban J connectivity index is 2.71. The highest BCUT2D eigenvalue weighted by Gasteiger charge is 2.29. The van der Waals surface area contributed by atoms with Crippen LogP contribution >= 0.6 is 0 Å². The van der Waals surface area contributed by atoms with Crippen LogP contribution in [-0.4, -0.2) is 18.0 Å². The Bertz CT molecular complexity index is 584. The van der Waals surface area contributed by atoms with Gasteiger partial charge in [-0.15, -0.1) is 0 Å². The van der Waals surface area contributed by atoms with E-state index in [1.54, 1.807) is 20.8 Å². The number of benzene rings is 1. The van der Waals surface area contributed by atoms with Gasteiger partial charge >= 0.3 is 0 Å². The number of nitriles is 1. The van der Waals surface area contributed by atoms with Crippen LogP contribution in [0.5, 0.6) is 0 Å². The van der Waals surface area contributed by atoms with E-state index in [0.717, 1.165) is 12.1 Å². The van der Waals surface area contributed by atoms with Crippen LogP contribution in [0.25, 0.3) is 0 Å². The molecule has 0 heterocycles. The molecule has 0 aliphatic carbocycles. The Morgan fingerprint density at radius 1 is 1.33 bits per heavy atom. The molecule has 1 atom stereocenters. The average molecular weight is 299 g/mol. The van der Waals surface area contributed by atoms with Crippen molar-refractivity contribution in [3.05, 3.63) is 29.6 Å². The van der Waals surface area contributed by atoms with E-state index in [2.05, 4.69) is 10.6 Å². The first kappa shape index (κ1) is 16.8. The summed E-state index contributed by atoms with van der Waals surface area (Å²) in [4.78, 5) is 11.7. The van der Waals surface area contributed by atoms with Crippen molar-refractivity contribution in [3.8, 4) is 6.07 Å². The second-order valence-corrected chi connectivity index (χ2v) is 5.09. The molecule has 1 aromatic rings. The lowest BCUT2D eigenvalue weighted by molar-refractivity contribution is -0.121. The molecule has 0 spiro atoms. The molecule has 0 aliphatic rings. The predicted molar refractivity (Wildman–Crippen MR) is 71.8 cm³/mol. The number of anilines is 1. The van der Waals surface area contributed by atoms with Crippen LogP contribution in [0, 0.1) is 34.7 Å². The predicted octanol–water partition coefficient (Wildman–Crippen LogP) is 2.57. The molecule has 2 N–H and O–H groups in total. The van der Waals surface area contributed by atoms with Crippen molar-refractivity contribution in [1.29, 1.82) is 5.26 Å². The van der Waals surface area contributed by atoms with Crippen LogP contribution < -0.4 is 10.6 Å². The van der Waals surface area contributed by atoms with Crippen molar-refractivity contribution >= 4 is 11.6 Å². The van der Waals surface area contributed by atoms with Gasteiger partial charge in [0.2, 0.25) is 5.91 Å². The number of hydrogen-bond donors (Lipinski definition) is 2. The minimum atomic E-state index is -1.61. The molecule has 7 heteroatoms. The van der Waals surface area contributed by atoms with Gasteiger partial charge in [-0.2, -0.15) is 5.26 Å². The number of rotatable bonds is 5. The second kappa shape index (κ2) is 6.48. The molecular weight excluding hydrogens is 283 g/mol. The van der Waals surface area contributed by atoms with E-state index in [1.165, 1.54) is 0 Å². The molecule has 0 saturated carbocycles. The summed E-state index contributed by atoms with van der Waals surface area (Å²) in [6, 6.07) is 3.74. The van der Waals surface area contributed by atoms with Crippen molar-refractivity contribution in [3.63, 3.8) is 0 Å². The number of nitrogens with one attached hydrogen (secondary N) is 2. The Morgan fingerprint density at radius 2 is 1.95 bits per heavy atom.